The first kappa shape index (κ1) is 21.1. The van der Waals surface area contributed by atoms with Crippen LogP contribution >= 0.6 is 0 Å². The fraction of sp³-hybridized carbons (Fsp3) is 0. The van der Waals surface area contributed by atoms with E-state index in [1.54, 1.807) is 24.8 Å². The second-order valence-corrected chi connectivity index (χ2v) is 9.54. The zero-order valence-corrected chi connectivity index (χ0v) is 20.7. The molecule has 10 nitrogen and oxygen atoms in total. The lowest BCUT2D eigenvalue weighted by Gasteiger charge is -1.96. The molecule has 0 atom stereocenters. The number of rotatable bonds is 0. The minimum absolute atomic E-state index is 0.507. The van der Waals surface area contributed by atoms with Gasteiger partial charge in [0.1, 0.15) is 22.6 Å². The molecule has 2 aliphatic rings. The molecule has 2 N–H and O–H groups in total. The van der Waals surface area contributed by atoms with Crippen molar-refractivity contribution in [2.45, 2.75) is 0 Å². The van der Waals surface area contributed by atoms with Crippen molar-refractivity contribution in [3.8, 4) is 45.6 Å². The highest BCUT2D eigenvalue weighted by molar-refractivity contribution is 6.06. The molecule has 8 bridgehead atoms. The van der Waals surface area contributed by atoms with Crippen molar-refractivity contribution >= 4 is 44.1 Å². The van der Waals surface area contributed by atoms with Crippen molar-refractivity contribution in [1.82, 2.24) is 49.8 Å². The summed E-state index contributed by atoms with van der Waals surface area (Å²) in [5, 5.41) is 3.57. The van der Waals surface area contributed by atoms with Gasteiger partial charge < -0.3 is 9.97 Å². The van der Waals surface area contributed by atoms with E-state index in [1.807, 2.05) is 60.7 Å². The molecule has 186 valence electrons. The molecule has 0 unspecified atom stereocenters. The third-order valence-electron chi connectivity index (χ3n) is 7.25. The summed E-state index contributed by atoms with van der Waals surface area (Å²) in [5.41, 5.74) is 6.00. The maximum absolute atomic E-state index is 5.00. The molecular weight excluding hydrogens is 500 g/mol. The van der Waals surface area contributed by atoms with Crippen molar-refractivity contribution in [2.24, 2.45) is 0 Å². The van der Waals surface area contributed by atoms with E-state index in [9.17, 15) is 0 Å². The lowest BCUT2D eigenvalue weighted by atomic mass is 10.1. The number of hydrogen-bond donors (Lipinski definition) is 2. The van der Waals surface area contributed by atoms with E-state index in [2.05, 4.69) is 19.9 Å². The molecule has 0 spiro atoms. The summed E-state index contributed by atoms with van der Waals surface area (Å²) in [4.78, 5) is 45.1. The molecule has 10 heteroatoms. The van der Waals surface area contributed by atoms with Crippen LogP contribution in [0.4, 0.5) is 0 Å². The van der Waals surface area contributed by atoms with Crippen molar-refractivity contribution < 1.29 is 0 Å². The normalized spacial score (nSPS) is 12.0. The Morgan fingerprint density at radius 2 is 0.825 bits per heavy atom. The number of pyridine rings is 2. The fourth-order valence-corrected chi connectivity index (χ4v) is 5.38. The molecule has 2 aromatic carbocycles. The van der Waals surface area contributed by atoms with E-state index in [0.717, 1.165) is 43.8 Å². The van der Waals surface area contributed by atoms with Gasteiger partial charge in [-0.3, -0.25) is 9.97 Å². The highest BCUT2D eigenvalue weighted by Crippen LogP contribution is 2.36. The molecule has 9 rings (SSSR count). The maximum atomic E-state index is 5.00. The van der Waals surface area contributed by atoms with Gasteiger partial charge in [-0.15, -0.1) is 0 Å². The van der Waals surface area contributed by atoms with Crippen molar-refractivity contribution in [2.75, 3.05) is 0 Å². The number of H-pyrrole nitrogens is 2. The van der Waals surface area contributed by atoms with Crippen LogP contribution in [0.2, 0.25) is 0 Å². The largest absolute Gasteiger partial charge is 0.324 e. The van der Waals surface area contributed by atoms with Crippen LogP contribution in [0.25, 0.3) is 89.7 Å². The van der Waals surface area contributed by atoms with Crippen LogP contribution in [0, 0.1) is 0 Å². The molecule has 0 fully saturated rings. The Balaban J connectivity index is 1.51. The van der Waals surface area contributed by atoms with Gasteiger partial charge >= 0.3 is 0 Å². The predicted molar refractivity (Wildman–Crippen MR) is 152 cm³/mol. The molecular formula is C30H16N10. The SMILES string of the molecule is c1ccc2c(c1)-c1nc-2nc2[nH]c(nc3nc(nc4[nH]c(n1)c1ccccc41)-c1ccncc1-3)c1cnccc21. The van der Waals surface area contributed by atoms with Crippen molar-refractivity contribution in [1.29, 1.82) is 0 Å². The fourth-order valence-electron chi connectivity index (χ4n) is 5.38. The van der Waals surface area contributed by atoms with Gasteiger partial charge in [0.25, 0.3) is 0 Å². The van der Waals surface area contributed by atoms with Crippen LogP contribution < -0.4 is 0 Å². The Hall–Kier alpha value is -5.90. The van der Waals surface area contributed by atoms with E-state index in [-0.39, 0.29) is 0 Å². The van der Waals surface area contributed by atoms with Crippen LogP contribution in [0.3, 0.4) is 0 Å². The first-order valence-electron chi connectivity index (χ1n) is 12.7. The summed E-state index contributed by atoms with van der Waals surface area (Å²) in [6, 6.07) is 19.8. The van der Waals surface area contributed by atoms with E-state index >= 15 is 0 Å². The number of aromatic nitrogens is 10. The van der Waals surface area contributed by atoms with Gasteiger partial charge in [0.05, 0.1) is 0 Å². The van der Waals surface area contributed by atoms with Gasteiger partial charge in [0.15, 0.2) is 23.3 Å². The van der Waals surface area contributed by atoms with Crippen molar-refractivity contribution in [3.05, 3.63) is 85.5 Å². The first-order chi connectivity index (χ1) is 19.8. The van der Waals surface area contributed by atoms with Gasteiger partial charge in [0, 0.05) is 68.6 Å². The monoisotopic (exact) mass is 516 g/mol. The van der Waals surface area contributed by atoms with Crippen LogP contribution in [0.5, 0.6) is 0 Å². The highest BCUT2D eigenvalue weighted by Gasteiger charge is 2.22. The maximum Gasteiger partial charge on any atom is 0.166 e. The molecule has 0 saturated heterocycles. The standard InChI is InChI=1S/C30H16N10/c1-3-7-17-15(5-1)23-33-24-16-6-2-4-8-18(16)26(35-24)37-28-20-10-12-32-14-22(20)30(39-28)40-29-21-13-31-11-9-19(21)27(38-29)36-25(17)34-23/h1-14H,(H2,33,34,35,36,37,38,39,40). The number of aromatic amines is 2. The zero-order chi connectivity index (χ0) is 26.2. The van der Waals surface area contributed by atoms with Gasteiger partial charge in [-0.25, -0.2) is 29.9 Å². The van der Waals surface area contributed by atoms with Crippen LogP contribution in [-0.4, -0.2) is 49.8 Å². The van der Waals surface area contributed by atoms with Gasteiger partial charge in [0.2, 0.25) is 0 Å². The predicted octanol–water partition coefficient (Wildman–Crippen LogP) is 5.66. The molecule has 40 heavy (non-hydrogen) atoms. The van der Waals surface area contributed by atoms with Crippen molar-refractivity contribution in [3.63, 3.8) is 0 Å². The van der Waals surface area contributed by atoms with Gasteiger partial charge in [-0.05, 0) is 12.1 Å². The third-order valence-corrected chi connectivity index (χ3v) is 7.25. The molecule has 0 aliphatic carbocycles. The van der Waals surface area contributed by atoms with Crippen LogP contribution in [-0.2, 0) is 0 Å². The molecule has 0 amide bonds. The second kappa shape index (κ2) is 7.81. The summed E-state index contributed by atoms with van der Waals surface area (Å²) in [7, 11) is 0. The summed E-state index contributed by atoms with van der Waals surface area (Å²) < 4.78 is 0. The van der Waals surface area contributed by atoms with Gasteiger partial charge in [-0.1, -0.05) is 48.5 Å². The average molecular weight is 517 g/mol. The Morgan fingerprint density at radius 3 is 1.45 bits per heavy atom. The molecule has 5 aromatic heterocycles. The zero-order valence-electron chi connectivity index (χ0n) is 20.7. The second-order valence-electron chi connectivity index (χ2n) is 9.54. The number of nitrogens with zero attached hydrogens (tertiary/aromatic N) is 8. The number of benzene rings is 2. The smallest absolute Gasteiger partial charge is 0.166 e. The number of fused-ring (bicyclic) bond motifs is 20. The molecule has 0 saturated carbocycles. The highest BCUT2D eigenvalue weighted by atomic mass is 15.1. The molecule has 7 aromatic rings. The number of hydrogen-bond acceptors (Lipinski definition) is 8. The summed E-state index contributed by atoms with van der Waals surface area (Å²) >= 11 is 0. The summed E-state index contributed by atoms with van der Waals surface area (Å²) in [6.45, 7) is 0. The lowest BCUT2D eigenvalue weighted by molar-refractivity contribution is 1.19. The Bertz CT molecular complexity index is 2030. The molecule has 0 radical (unpaired) electrons. The van der Waals surface area contributed by atoms with Crippen LogP contribution in [0.1, 0.15) is 0 Å². The third kappa shape index (κ3) is 2.98. The Labute approximate surface area is 225 Å². The summed E-state index contributed by atoms with van der Waals surface area (Å²) in [6.07, 6.45) is 7.01. The first-order valence-corrected chi connectivity index (χ1v) is 12.7. The average Bonchev–Trinajstić information content (AvgIpc) is 3.73. The Kier molecular flexibility index (Phi) is 4.11. The quantitative estimate of drug-likeness (QED) is 0.264. The van der Waals surface area contributed by atoms with E-state index < -0.39 is 0 Å². The van der Waals surface area contributed by atoms with Crippen LogP contribution in [0.15, 0.2) is 85.5 Å². The lowest BCUT2D eigenvalue weighted by Crippen LogP contribution is -1.83. The van der Waals surface area contributed by atoms with E-state index in [0.29, 0.717) is 45.9 Å². The van der Waals surface area contributed by atoms with E-state index in [1.165, 1.54) is 0 Å². The Morgan fingerprint density at radius 1 is 0.375 bits per heavy atom. The number of nitrogens with one attached hydrogen (secondary N) is 2. The minimum Gasteiger partial charge on any atom is -0.324 e. The topological polar surface area (TPSA) is 135 Å². The van der Waals surface area contributed by atoms with Gasteiger partial charge in [-0.2, -0.15) is 0 Å². The molecule has 7 heterocycles. The van der Waals surface area contributed by atoms with E-state index in [4.69, 9.17) is 29.9 Å². The molecule has 2 aliphatic heterocycles. The summed E-state index contributed by atoms with van der Waals surface area (Å²) in [5.74, 6) is 2.19. The minimum atomic E-state index is 0.507.